The van der Waals surface area contributed by atoms with Gasteiger partial charge in [0.15, 0.2) is 0 Å². The molecule has 212 valence electrons. The number of likely N-dealkylation sites (tertiary alicyclic amines) is 1. The van der Waals surface area contributed by atoms with Crippen molar-refractivity contribution in [2.24, 2.45) is 5.92 Å². The molecule has 40 heavy (non-hydrogen) atoms. The van der Waals surface area contributed by atoms with E-state index in [1.54, 1.807) is 0 Å². The first-order valence-corrected chi connectivity index (χ1v) is 14.1. The number of imidazole rings is 1. The maximum absolute atomic E-state index is 12.0. The number of aromatic nitrogens is 2. The second kappa shape index (κ2) is 10.6. The summed E-state index contributed by atoms with van der Waals surface area (Å²) in [4.78, 5) is 22.6. The molecule has 0 bridgehead atoms. The molecule has 8 nitrogen and oxygen atoms in total. The van der Waals surface area contributed by atoms with Crippen LogP contribution in [0.15, 0.2) is 54.9 Å². The van der Waals surface area contributed by atoms with E-state index in [0.29, 0.717) is 0 Å². The molecule has 0 saturated carbocycles. The highest BCUT2D eigenvalue weighted by Crippen LogP contribution is 2.38. The number of methoxy groups -OCH3 is 1. The molecule has 0 unspecified atom stereocenters. The van der Waals surface area contributed by atoms with Crippen LogP contribution >= 0.6 is 0 Å². The molecule has 2 aliphatic rings. The van der Waals surface area contributed by atoms with Crippen molar-refractivity contribution in [2.45, 2.75) is 77.7 Å². The van der Waals surface area contributed by atoms with Gasteiger partial charge in [0, 0.05) is 17.8 Å². The number of fused-ring (bicyclic) bond motifs is 1. The standard InChI is InChI=1S/C31H41BN4O4/c1-19(2)27(35-29(37)38-8)20(3)36-15-9-10-26(36)28-33-18-25(34-28)23-12-11-22-17-24(14-13-21(22)16-23)32-39-30(4,5)31(6,7)40-32/h11-14,16-19,26-27H,3,9-10,15H2,1-2,4-8H3,(H,33,34)(H,35,37)/t26-,27-/m0/s1. The van der Waals surface area contributed by atoms with Crippen LogP contribution in [0, 0.1) is 5.92 Å². The number of amides is 1. The number of aromatic amines is 1. The summed E-state index contributed by atoms with van der Waals surface area (Å²) in [6, 6.07) is 12.6. The molecule has 2 aliphatic heterocycles. The zero-order valence-corrected chi connectivity index (χ0v) is 24.7. The third-order valence-electron chi connectivity index (χ3n) is 8.72. The Labute approximate surface area is 237 Å². The van der Waals surface area contributed by atoms with Crippen LogP contribution in [0.4, 0.5) is 4.79 Å². The van der Waals surface area contributed by atoms with Crippen LogP contribution in [0.1, 0.15) is 66.3 Å². The minimum absolute atomic E-state index is 0.0740. The van der Waals surface area contributed by atoms with Crippen LogP contribution in [0.25, 0.3) is 22.0 Å². The first-order valence-electron chi connectivity index (χ1n) is 14.1. The lowest BCUT2D eigenvalue weighted by atomic mass is 9.78. The zero-order chi connectivity index (χ0) is 28.8. The van der Waals surface area contributed by atoms with Crippen molar-refractivity contribution in [2.75, 3.05) is 13.7 Å². The topological polar surface area (TPSA) is 88.7 Å². The molecule has 2 N–H and O–H groups in total. The van der Waals surface area contributed by atoms with Gasteiger partial charge in [-0.1, -0.05) is 50.8 Å². The van der Waals surface area contributed by atoms with E-state index in [2.05, 4.69) is 99.7 Å². The Kier molecular flexibility index (Phi) is 7.48. The minimum atomic E-state index is -0.449. The molecule has 0 radical (unpaired) electrons. The Balaban J connectivity index is 1.34. The number of carbonyl (C=O) groups is 1. The Bertz CT molecular complexity index is 1400. The Hall–Kier alpha value is -3.30. The van der Waals surface area contributed by atoms with Gasteiger partial charge in [-0.05, 0) is 68.8 Å². The average molecular weight is 545 g/mol. The largest absolute Gasteiger partial charge is 0.494 e. The predicted octanol–water partition coefficient (Wildman–Crippen LogP) is 5.56. The zero-order valence-electron chi connectivity index (χ0n) is 24.7. The van der Waals surface area contributed by atoms with Gasteiger partial charge in [0.1, 0.15) is 5.82 Å². The minimum Gasteiger partial charge on any atom is -0.453 e. The van der Waals surface area contributed by atoms with Gasteiger partial charge in [-0.25, -0.2) is 9.78 Å². The first kappa shape index (κ1) is 28.2. The van der Waals surface area contributed by atoms with Crippen molar-refractivity contribution in [3.8, 4) is 11.3 Å². The predicted molar refractivity (Wildman–Crippen MR) is 159 cm³/mol. The molecular formula is C31H41BN4O4. The Morgan fingerprint density at radius 1 is 1.15 bits per heavy atom. The molecule has 5 rings (SSSR count). The van der Waals surface area contributed by atoms with Gasteiger partial charge in [0.25, 0.3) is 0 Å². The van der Waals surface area contributed by atoms with Crippen molar-refractivity contribution < 1.29 is 18.8 Å². The van der Waals surface area contributed by atoms with Crippen LogP contribution in [-0.2, 0) is 14.0 Å². The van der Waals surface area contributed by atoms with E-state index in [0.717, 1.165) is 58.4 Å². The number of rotatable bonds is 7. The molecule has 2 aromatic carbocycles. The quantitative estimate of drug-likeness (QED) is 0.379. The second-order valence-corrected chi connectivity index (χ2v) is 12.3. The van der Waals surface area contributed by atoms with Crippen LogP contribution in [0.5, 0.6) is 0 Å². The molecule has 1 amide bonds. The molecule has 1 aromatic heterocycles. The normalized spacial score (nSPS) is 20.8. The molecular weight excluding hydrogens is 503 g/mol. The number of nitrogens with one attached hydrogen (secondary N) is 2. The van der Waals surface area contributed by atoms with E-state index >= 15 is 0 Å². The number of H-pyrrole nitrogens is 1. The summed E-state index contributed by atoms with van der Waals surface area (Å²) >= 11 is 0. The summed E-state index contributed by atoms with van der Waals surface area (Å²) < 4.78 is 17.3. The molecule has 3 aromatic rings. The van der Waals surface area contributed by atoms with Gasteiger partial charge in [-0.2, -0.15) is 0 Å². The third-order valence-corrected chi connectivity index (χ3v) is 8.72. The molecule has 2 atom stereocenters. The highest BCUT2D eigenvalue weighted by molar-refractivity contribution is 6.62. The Morgan fingerprint density at radius 3 is 2.50 bits per heavy atom. The van der Waals surface area contributed by atoms with Gasteiger partial charge >= 0.3 is 13.2 Å². The Morgan fingerprint density at radius 2 is 1.82 bits per heavy atom. The second-order valence-electron chi connectivity index (χ2n) is 12.3. The fourth-order valence-electron chi connectivity index (χ4n) is 5.60. The van der Waals surface area contributed by atoms with Gasteiger partial charge in [0.2, 0.25) is 0 Å². The summed E-state index contributed by atoms with van der Waals surface area (Å²) in [5.74, 6) is 1.08. The highest BCUT2D eigenvalue weighted by Gasteiger charge is 2.51. The molecule has 2 saturated heterocycles. The maximum Gasteiger partial charge on any atom is 0.494 e. The number of ether oxygens (including phenoxy) is 1. The van der Waals surface area contributed by atoms with Crippen molar-refractivity contribution >= 4 is 29.4 Å². The average Bonchev–Trinajstić information content (AvgIpc) is 3.63. The van der Waals surface area contributed by atoms with Crippen LogP contribution in [-0.4, -0.2) is 59.0 Å². The molecule has 0 spiro atoms. The number of nitrogens with zero attached hydrogens (tertiary/aromatic N) is 2. The smallest absolute Gasteiger partial charge is 0.453 e. The van der Waals surface area contributed by atoms with Gasteiger partial charge < -0.3 is 29.2 Å². The van der Waals surface area contributed by atoms with Crippen molar-refractivity contribution in [3.05, 3.63) is 60.7 Å². The monoisotopic (exact) mass is 544 g/mol. The molecule has 3 heterocycles. The fraction of sp³-hybridized carbons (Fsp3) is 0.484. The first-order chi connectivity index (χ1) is 18.9. The number of benzene rings is 2. The van der Waals surface area contributed by atoms with E-state index in [1.807, 2.05) is 6.20 Å². The van der Waals surface area contributed by atoms with Crippen molar-refractivity contribution in [3.63, 3.8) is 0 Å². The van der Waals surface area contributed by atoms with E-state index < -0.39 is 6.09 Å². The van der Waals surface area contributed by atoms with E-state index in [4.69, 9.17) is 19.0 Å². The van der Waals surface area contributed by atoms with Crippen LogP contribution in [0.3, 0.4) is 0 Å². The SMILES string of the molecule is C=C([C@@H](NC(=O)OC)C(C)C)N1CCC[C@H]1c1ncc(-c2ccc3cc(B4OC(C)(C)C(C)(C)O4)ccc3c2)[nH]1. The number of hydrogen-bond acceptors (Lipinski definition) is 6. The van der Waals surface area contributed by atoms with Gasteiger partial charge in [-0.3, -0.25) is 0 Å². The fourth-order valence-corrected chi connectivity index (χ4v) is 5.60. The molecule has 9 heteroatoms. The lowest BCUT2D eigenvalue weighted by molar-refractivity contribution is 0.00578. The van der Waals surface area contributed by atoms with E-state index in [-0.39, 0.29) is 36.3 Å². The van der Waals surface area contributed by atoms with Crippen molar-refractivity contribution in [1.29, 1.82) is 0 Å². The summed E-state index contributed by atoms with van der Waals surface area (Å²) in [6.45, 7) is 17.7. The van der Waals surface area contributed by atoms with E-state index in [9.17, 15) is 4.79 Å². The van der Waals surface area contributed by atoms with Crippen molar-refractivity contribution in [1.82, 2.24) is 20.2 Å². The molecule has 0 aliphatic carbocycles. The van der Waals surface area contributed by atoms with Crippen LogP contribution < -0.4 is 10.8 Å². The third kappa shape index (κ3) is 5.24. The number of hydrogen-bond donors (Lipinski definition) is 2. The van der Waals surface area contributed by atoms with Crippen LogP contribution in [0.2, 0.25) is 0 Å². The lowest BCUT2D eigenvalue weighted by Gasteiger charge is -2.34. The lowest BCUT2D eigenvalue weighted by Crippen LogP contribution is -2.44. The van der Waals surface area contributed by atoms with Gasteiger partial charge in [0.05, 0.1) is 42.3 Å². The summed E-state index contributed by atoms with van der Waals surface area (Å²) in [5.41, 5.74) is 3.20. The maximum atomic E-state index is 12.0. The summed E-state index contributed by atoms with van der Waals surface area (Å²) in [7, 11) is 0.996. The summed E-state index contributed by atoms with van der Waals surface area (Å²) in [5, 5.41) is 5.21. The number of carbonyl (C=O) groups excluding carboxylic acids is 1. The molecule has 2 fully saturated rings. The van der Waals surface area contributed by atoms with Gasteiger partial charge in [-0.15, -0.1) is 0 Å². The highest BCUT2D eigenvalue weighted by atomic mass is 16.7. The van der Waals surface area contributed by atoms with E-state index in [1.165, 1.54) is 7.11 Å². The number of alkyl carbamates (subject to hydrolysis) is 1. The summed E-state index contributed by atoms with van der Waals surface area (Å²) in [6.07, 6.45) is 3.45.